The van der Waals surface area contributed by atoms with Gasteiger partial charge in [0.1, 0.15) is 5.75 Å². The highest BCUT2D eigenvalue weighted by Crippen LogP contribution is 2.27. The summed E-state index contributed by atoms with van der Waals surface area (Å²) in [5.74, 6) is 1.95. The lowest BCUT2D eigenvalue weighted by Crippen LogP contribution is -2.29. The molecule has 1 aliphatic rings. The second kappa shape index (κ2) is 6.16. The summed E-state index contributed by atoms with van der Waals surface area (Å²) < 4.78 is 5.40. The third-order valence-corrected chi connectivity index (χ3v) is 4.01. The summed E-state index contributed by atoms with van der Waals surface area (Å²) in [6, 6.07) is 5.30. The predicted octanol–water partition coefficient (Wildman–Crippen LogP) is 2.79. The Kier molecular flexibility index (Phi) is 4.53. The number of likely N-dealkylation sites (tertiary alicyclic amines) is 1. The maximum Gasteiger partial charge on any atom is 0.253 e. The van der Waals surface area contributed by atoms with Crippen LogP contribution in [-0.2, 0) is 0 Å². The Labute approximate surface area is 120 Å². The zero-order valence-corrected chi connectivity index (χ0v) is 12.6. The van der Waals surface area contributed by atoms with E-state index in [0.29, 0.717) is 35.4 Å². The topological polar surface area (TPSA) is 55.6 Å². The van der Waals surface area contributed by atoms with Crippen molar-refractivity contribution in [2.45, 2.75) is 27.2 Å². The summed E-state index contributed by atoms with van der Waals surface area (Å²) in [6.45, 7) is 8.61. The average molecular weight is 276 g/mol. The lowest BCUT2D eigenvalue weighted by molar-refractivity contribution is 0.0784. The van der Waals surface area contributed by atoms with Gasteiger partial charge in [-0.2, -0.15) is 0 Å². The van der Waals surface area contributed by atoms with Crippen LogP contribution in [-0.4, -0.2) is 30.5 Å². The van der Waals surface area contributed by atoms with E-state index in [1.165, 1.54) is 0 Å². The molecule has 0 aromatic heterocycles. The molecule has 1 amide bonds. The first-order chi connectivity index (χ1) is 9.52. The second-order valence-electron chi connectivity index (χ2n) is 5.73. The van der Waals surface area contributed by atoms with Gasteiger partial charge in [-0.25, -0.2) is 0 Å². The molecule has 4 heteroatoms. The SMILES string of the molecule is CCOc1ccc(C(=O)N2CCC(C(C)C)C2)cc1N. The largest absolute Gasteiger partial charge is 0.492 e. The highest BCUT2D eigenvalue weighted by atomic mass is 16.5. The summed E-state index contributed by atoms with van der Waals surface area (Å²) in [7, 11) is 0. The molecule has 20 heavy (non-hydrogen) atoms. The molecule has 0 spiro atoms. The molecule has 1 saturated heterocycles. The molecule has 1 aromatic carbocycles. The highest BCUT2D eigenvalue weighted by Gasteiger charge is 2.28. The molecule has 1 fully saturated rings. The van der Waals surface area contributed by atoms with Crippen molar-refractivity contribution in [2.24, 2.45) is 11.8 Å². The third kappa shape index (κ3) is 3.06. The van der Waals surface area contributed by atoms with Crippen molar-refractivity contribution in [3.63, 3.8) is 0 Å². The van der Waals surface area contributed by atoms with Crippen molar-refractivity contribution >= 4 is 11.6 Å². The van der Waals surface area contributed by atoms with Gasteiger partial charge in [-0.15, -0.1) is 0 Å². The van der Waals surface area contributed by atoms with E-state index < -0.39 is 0 Å². The summed E-state index contributed by atoms with van der Waals surface area (Å²) in [4.78, 5) is 14.4. The molecule has 0 saturated carbocycles. The number of amides is 1. The van der Waals surface area contributed by atoms with Gasteiger partial charge in [0, 0.05) is 18.7 Å². The molecular weight excluding hydrogens is 252 g/mol. The Morgan fingerprint density at radius 3 is 2.80 bits per heavy atom. The molecular formula is C16H24N2O2. The molecule has 1 heterocycles. The number of hydrogen-bond acceptors (Lipinski definition) is 3. The standard InChI is InChI=1S/C16H24N2O2/c1-4-20-15-6-5-12(9-14(15)17)16(19)18-8-7-13(10-18)11(2)3/h5-6,9,11,13H,4,7-8,10,17H2,1-3H3. The maximum atomic E-state index is 12.5. The van der Waals surface area contributed by atoms with E-state index in [0.717, 1.165) is 19.5 Å². The third-order valence-electron chi connectivity index (χ3n) is 4.01. The summed E-state index contributed by atoms with van der Waals surface area (Å²) in [5, 5.41) is 0. The van der Waals surface area contributed by atoms with E-state index in [2.05, 4.69) is 13.8 Å². The number of nitrogens with zero attached hydrogens (tertiary/aromatic N) is 1. The minimum absolute atomic E-state index is 0.0721. The van der Waals surface area contributed by atoms with Crippen LogP contribution < -0.4 is 10.5 Å². The zero-order chi connectivity index (χ0) is 14.7. The molecule has 2 N–H and O–H groups in total. The fourth-order valence-corrected chi connectivity index (χ4v) is 2.67. The fourth-order valence-electron chi connectivity index (χ4n) is 2.67. The molecule has 1 aliphatic heterocycles. The molecule has 1 aromatic rings. The normalized spacial score (nSPS) is 18.6. The van der Waals surface area contributed by atoms with Crippen molar-refractivity contribution in [2.75, 3.05) is 25.4 Å². The minimum Gasteiger partial charge on any atom is -0.492 e. The molecule has 2 rings (SSSR count). The molecule has 110 valence electrons. The van der Waals surface area contributed by atoms with Gasteiger partial charge < -0.3 is 15.4 Å². The Morgan fingerprint density at radius 2 is 2.25 bits per heavy atom. The average Bonchev–Trinajstić information content (AvgIpc) is 2.90. The predicted molar refractivity (Wildman–Crippen MR) is 80.9 cm³/mol. The van der Waals surface area contributed by atoms with Crippen molar-refractivity contribution in [3.8, 4) is 5.75 Å². The van der Waals surface area contributed by atoms with Crippen LogP contribution in [0.5, 0.6) is 5.75 Å². The molecule has 4 nitrogen and oxygen atoms in total. The Balaban J connectivity index is 2.08. The van der Waals surface area contributed by atoms with Crippen LogP contribution in [0.25, 0.3) is 0 Å². The first-order valence-electron chi connectivity index (χ1n) is 7.34. The fraction of sp³-hybridized carbons (Fsp3) is 0.562. The monoisotopic (exact) mass is 276 g/mol. The van der Waals surface area contributed by atoms with Crippen LogP contribution in [0, 0.1) is 11.8 Å². The maximum absolute atomic E-state index is 12.5. The first-order valence-corrected chi connectivity index (χ1v) is 7.34. The van der Waals surface area contributed by atoms with E-state index >= 15 is 0 Å². The summed E-state index contributed by atoms with van der Waals surface area (Å²) in [5.41, 5.74) is 7.10. The van der Waals surface area contributed by atoms with Crippen molar-refractivity contribution in [1.29, 1.82) is 0 Å². The van der Waals surface area contributed by atoms with Crippen LogP contribution >= 0.6 is 0 Å². The number of hydrogen-bond donors (Lipinski definition) is 1. The number of benzene rings is 1. The second-order valence-corrected chi connectivity index (χ2v) is 5.73. The Bertz CT molecular complexity index is 485. The summed E-state index contributed by atoms with van der Waals surface area (Å²) >= 11 is 0. The summed E-state index contributed by atoms with van der Waals surface area (Å²) in [6.07, 6.45) is 1.09. The number of carbonyl (C=O) groups excluding carboxylic acids is 1. The molecule has 1 atom stereocenters. The van der Waals surface area contributed by atoms with Gasteiger partial charge in [-0.3, -0.25) is 4.79 Å². The van der Waals surface area contributed by atoms with Gasteiger partial charge in [-0.1, -0.05) is 13.8 Å². The molecule has 0 bridgehead atoms. The minimum atomic E-state index is 0.0721. The lowest BCUT2D eigenvalue weighted by atomic mass is 9.95. The highest BCUT2D eigenvalue weighted by molar-refractivity contribution is 5.95. The smallest absolute Gasteiger partial charge is 0.253 e. The zero-order valence-electron chi connectivity index (χ0n) is 12.6. The molecule has 0 radical (unpaired) electrons. The number of nitrogen functional groups attached to an aromatic ring is 1. The number of anilines is 1. The Hall–Kier alpha value is -1.71. The van der Waals surface area contributed by atoms with Crippen LogP contribution in [0.2, 0.25) is 0 Å². The number of rotatable bonds is 4. The number of carbonyl (C=O) groups is 1. The molecule has 1 unspecified atom stereocenters. The van der Waals surface area contributed by atoms with E-state index in [4.69, 9.17) is 10.5 Å². The van der Waals surface area contributed by atoms with E-state index in [1.54, 1.807) is 18.2 Å². The van der Waals surface area contributed by atoms with Crippen molar-refractivity contribution < 1.29 is 9.53 Å². The number of ether oxygens (including phenoxy) is 1. The van der Waals surface area contributed by atoms with Crippen LogP contribution in [0.15, 0.2) is 18.2 Å². The van der Waals surface area contributed by atoms with Crippen LogP contribution in [0.1, 0.15) is 37.6 Å². The first kappa shape index (κ1) is 14.7. The van der Waals surface area contributed by atoms with Crippen LogP contribution in [0.3, 0.4) is 0 Å². The molecule has 0 aliphatic carbocycles. The quantitative estimate of drug-likeness (QED) is 0.860. The Morgan fingerprint density at radius 1 is 1.50 bits per heavy atom. The van der Waals surface area contributed by atoms with Gasteiger partial charge >= 0.3 is 0 Å². The van der Waals surface area contributed by atoms with Gasteiger partial charge in [-0.05, 0) is 43.4 Å². The van der Waals surface area contributed by atoms with Crippen molar-refractivity contribution in [3.05, 3.63) is 23.8 Å². The van der Waals surface area contributed by atoms with Gasteiger partial charge in [0.25, 0.3) is 5.91 Å². The van der Waals surface area contributed by atoms with Gasteiger partial charge in [0.15, 0.2) is 0 Å². The van der Waals surface area contributed by atoms with E-state index in [1.807, 2.05) is 11.8 Å². The van der Waals surface area contributed by atoms with Gasteiger partial charge in [0.05, 0.1) is 12.3 Å². The number of nitrogens with two attached hydrogens (primary N) is 1. The lowest BCUT2D eigenvalue weighted by Gasteiger charge is -2.18. The van der Waals surface area contributed by atoms with Crippen LogP contribution in [0.4, 0.5) is 5.69 Å². The van der Waals surface area contributed by atoms with Gasteiger partial charge in [0.2, 0.25) is 0 Å². The van der Waals surface area contributed by atoms with Crippen molar-refractivity contribution in [1.82, 2.24) is 4.90 Å². The van der Waals surface area contributed by atoms with E-state index in [-0.39, 0.29) is 5.91 Å². The van der Waals surface area contributed by atoms with E-state index in [9.17, 15) is 4.79 Å².